The van der Waals surface area contributed by atoms with E-state index in [1.807, 2.05) is 6.26 Å². The molecule has 0 aliphatic carbocycles. The van der Waals surface area contributed by atoms with Crippen LogP contribution < -0.4 is 10.6 Å². The van der Waals surface area contributed by atoms with E-state index in [4.69, 9.17) is 9.26 Å². The summed E-state index contributed by atoms with van der Waals surface area (Å²) in [6.45, 7) is 2.86. The molecule has 0 unspecified atom stereocenters. The molecule has 134 valence electrons. The molecule has 3 heterocycles. The first-order chi connectivity index (χ1) is 12.1. The van der Waals surface area contributed by atoms with Crippen molar-refractivity contribution in [3.63, 3.8) is 0 Å². The molecule has 2 N–H and O–H groups in total. The van der Waals surface area contributed by atoms with Crippen molar-refractivity contribution in [2.45, 2.75) is 30.1 Å². The van der Waals surface area contributed by atoms with E-state index in [-0.39, 0.29) is 23.5 Å². The highest BCUT2D eigenvalue weighted by atomic mass is 32.2. The van der Waals surface area contributed by atoms with Crippen LogP contribution in [0.25, 0.3) is 0 Å². The highest BCUT2D eigenvalue weighted by Crippen LogP contribution is 2.31. The second kappa shape index (κ2) is 7.93. The molecule has 0 aromatic carbocycles. The molecule has 0 bridgehead atoms. The zero-order chi connectivity index (χ0) is 17.8. The van der Waals surface area contributed by atoms with Gasteiger partial charge in [-0.25, -0.2) is 4.98 Å². The molecule has 1 aliphatic rings. The van der Waals surface area contributed by atoms with Crippen LogP contribution in [-0.4, -0.2) is 52.5 Å². The molecule has 1 fully saturated rings. The summed E-state index contributed by atoms with van der Waals surface area (Å²) in [5.41, 5.74) is 0.186. The van der Waals surface area contributed by atoms with Gasteiger partial charge in [0.1, 0.15) is 5.00 Å². The van der Waals surface area contributed by atoms with E-state index < -0.39 is 5.91 Å². The molecule has 2 aromatic heterocycles. The molecule has 0 radical (unpaired) electrons. The summed E-state index contributed by atoms with van der Waals surface area (Å²) in [5, 5.41) is 9.52. The van der Waals surface area contributed by atoms with Gasteiger partial charge in [0.2, 0.25) is 0 Å². The number of aromatic nitrogens is 3. The number of anilines is 1. The standard InChI is InChI=1S/C14H17N5O4S2/c1-7-15-12(23-19-7)11(21)18-13-9(17-14(24-2)25-13)10(20)16-8-3-5-22-6-4-8/h8H,3-6H2,1-2H3,(H,16,20)(H,18,21). The molecule has 0 spiro atoms. The fourth-order valence-electron chi connectivity index (χ4n) is 2.27. The Balaban J connectivity index is 1.75. The van der Waals surface area contributed by atoms with Crippen LogP contribution in [-0.2, 0) is 4.74 Å². The zero-order valence-electron chi connectivity index (χ0n) is 13.7. The minimum atomic E-state index is -0.572. The fraction of sp³-hybridized carbons (Fsp3) is 0.500. The fourth-order valence-corrected chi connectivity index (χ4v) is 3.72. The number of carbonyl (C=O) groups is 2. The third-order valence-corrected chi connectivity index (χ3v) is 5.46. The van der Waals surface area contributed by atoms with Gasteiger partial charge in [0.05, 0.1) is 0 Å². The average molecular weight is 383 g/mol. The summed E-state index contributed by atoms with van der Waals surface area (Å²) in [4.78, 5) is 33.0. The Morgan fingerprint density at radius 1 is 1.24 bits per heavy atom. The Morgan fingerprint density at radius 3 is 2.64 bits per heavy atom. The van der Waals surface area contributed by atoms with Crippen molar-refractivity contribution in [1.29, 1.82) is 0 Å². The van der Waals surface area contributed by atoms with E-state index in [1.54, 1.807) is 6.92 Å². The number of rotatable bonds is 5. The minimum absolute atomic E-state index is 0.0443. The van der Waals surface area contributed by atoms with E-state index in [0.717, 1.165) is 12.8 Å². The minimum Gasteiger partial charge on any atom is -0.381 e. The number of nitrogens with zero attached hydrogens (tertiary/aromatic N) is 3. The lowest BCUT2D eigenvalue weighted by Gasteiger charge is -2.22. The zero-order valence-corrected chi connectivity index (χ0v) is 15.3. The van der Waals surface area contributed by atoms with Crippen molar-refractivity contribution < 1.29 is 18.8 Å². The molecule has 2 amide bonds. The summed E-state index contributed by atoms with van der Waals surface area (Å²) in [6.07, 6.45) is 3.37. The number of hydrogen-bond donors (Lipinski definition) is 2. The Labute approximate surface area is 151 Å². The summed E-state index contributed by atoms with van der Waals surface area (Å²) in [6, 6.07) is 0.0443. The normalized spacial score (nSPS) is 15.1. The van der Waals surface area contributed by atoms with Gasteiger partial charge in [0.15, 0.2) is 15.9 Å². The van der Waals surface area contributed by atoms with Crippen molar-refractivity contribution >= 4 is 39.9 Å². The van der Waals surface area contributed by atoms with Gasteiger partial charge in [-0.3, -0.25) is 9.59 Å². The van der Waals surface area contributed by atoms with Crippen LogP contribution in [0.2, 0.25) is 0 Å². The molecule has 1 aliphatic heterocycles. The molecule has 9 nitrogen and oxygen atoms in total. The highest BCUT2D eigenvalue weighted by Gasteiger charge is 2.25. The van der Waals surface area contributed by atoms with Crippen LogP contribution in [0.15, 0.2) is 8.86 Å². The Bertz CT molecular complexity index is 769. The summed E-state index contributed by atoms with van der Waals surface area (Å²) >= 11 is 2.62. The summed E-state index contributed by atoms with van der Waals surface area (Å²) in [7, 11) is 0. The predicted octanol–water partition coefficient (Wildman–Crippen LogP) is 1.72. The monoisotopic (exact) mass is 383 g/mol. The van der Waals surface area contributed by atoms with Crippen molar-refractivity contribution in [3.8, 4) is 0 Å². The highest BCUT2D eigenvalue weighted by molar-refractivity contribution is 8.00. The number of thioether (sulfide) groups is 1. The summed E-state index contributed by atoms with van der Waals surface area (Å²) < 4.78 is 10.8. The summed E-state index contributed by atoms with van der Waals surface area (Å²) in [5.74, 6) is -0.693. The van der Waals surface area contributed by atoms with Crippen molar-refractivity contribution in [3.05, 3.63) is 17.4 Å². The van der Waals surface area contributed by atoms with Gasteiger partial charge in [-0.05, 0) is 26.0 Å². The quantitative estimate of drug-likeness (QED) is 0.749. The Morgan fingerprint density at radius 2 is 2.00 bits per heavy atom. The van der Waals surface area contributed by atoms with Crippen LogP contribution in [0.1, 0.15) is 39.8 Å². The SMILES string of the molecule is CSc1nc(C(=O)NC2CCOCC2)c(NC(=O)c2nc(C)no2)s1. The van der Waals surface area contributed by atoms with Crippen LogP contribution in [0.5, 0.6) is 0 Å². The molecule has 0 atom stereocenters. The molecule has 3 rings (SSSR count). The van der Waals surface area contributed by atoms with E-state index in [9.17, 15) is 9.59 Å². The molecule has 2 aromatic rings. The maximum absolute atomic E-state index is 12.6. The molecule has 11 heteroatoms. The second-order valence-corrected chi connectivity index (χ2v) is 7.38. The van der Waals surface area contributed by atoms with E-state index in [0.29, 0.717) is 28.4 Å². The Kier molecular flexibility index (Phi) is 5.66. The van der Waals surface area contributed by atoms with Gasteiger partial charge in [0, 0.05) is 19.3 Å². The van der Waals surface area contributed by atoms with Gasteiger partial charge < -0.3 is 19.9 Å². The van der Waals surface area contributed by atoms with Crippen molar-refractivity contribution in [2.24, 2.45) is 0 Å². The van der Waals surface area contributed by atoms with E-state index in [1.165, 1.54) is 23.1 Å². The van der Waals surface area contributed by atoms with Gasteiger partial charge >= 0.3 is 11.8 Å². The maximum Gasteiger partial charge on any atom is 0.316 e. The number of nitrogens with one attached hydrogen (secondary N) is 2. The molecule has 0 saturated carbocycles. The predicted molar refractivity (Wildman–Crippen MR) is 92.2 cm³/mol. The number of aryl methyl sites for hydroxylation is 1. The molecular formula is C14H17N5O4S2. The third-order valence-electron chi connectivity index (χ3n) is 3.50. The topological polar surface area (TPSA) is 119 Å². The van der Waals surface area contributed by atoms with Gasteiger partial charge in [-0.15, -0.1) is 0 Å². The lowest BCUT2D eigenvalue weighted by Crippen LogP contribution is -2.39. The van der Waals surface area contributed by atoms with Gasteiger partial charge in [-0.2, -0.15) is 4.98 Å². The van der Waals surface area contributed by atoms with Crippen LogP contribution >= 0.6 is 23.1 Å². The smallest absolute Gasteiger partial charge is 0.316 e. The van der Waals surface area contributed by atoms with Crippen LogP contribution in [0.3, 0.4) is 0 Å². The van der Waals surface area contributed by atoms with Gasteiger partial charge in [0.25, 0.3) is 5.91 Å². The van der Waals surface area contributed by atoms with Gasteiger partial charge in [-0.1, -0.05) is 28.3 Å². The Hall–Kier alpha value is -1.98. The van der Waals surface area contributed by atoms with E-state index in [2.05, 4.69) is 25.8 Å². The molecule has 25 heavy (non-hydrogen) atoms. The second-order valence-electron chi connectivity index (χ2n) is 5.32. The number of thiazole rings is 1. The number of carbonyl (C=O) groups excluding carboxylic acids is 2. The lowest BCUT2D eigenvalue weighted by molar-refractivity contribution is 0.0694. The number of ether oxygens (including phenoxy) is 1. The number of amides is 2. The van der Waals surface area contributed by atoms with Crippen LogP contribution in [0, 0.1) is 6.92 Å². The van der Waals surface area contributed by atoms with Crippen molar-refractivity contribution in [1.82, 2.24) is 20.4 Å². The largest absolute Gasteiger partial charge is 0.381 e. The average Bonchev–Trinajstić information content (AvgIpc) is 3.22. The first kappa shape index (κ1) is 17.8. The third kappa shape index (κ3) is 4.35. The maximum atomic E-state index is 12.6. The first-order valence-electron chi connectivity index (χ1n) is 7.62. The molecular weight excluding hydrogens is 366 g/mol. The lowest BCUT2D eigenvalue weighted by atomic mass is 10.1. The van der Waals surface area contributed by atoms with Crippen molar-refractivity contribution in [2.75, 3.05) is 24.8 Å². The van der Waals surface area contributed by atoms with E-state index >= 15 is 0 Å². The first-order valence-corrected chi connectivity index (χ1v) is 9.66. The number of hydrogen-bond acceptors (Lipinski definition) is 9. The van der Waals surface area contributed by atoms with Crippen LogP contribution in [0.4, 0.5) is 5.00 Å². The molecule has 1 saturated heterocycles.